The van der Waals surface area contributed by atoms with Crippen molar-refractivity contribution < 1.29 is 0 Å². The zero-order chi connectivity index (χ0) is 44.8. The minimum absolute atomic E-state index is 0.332. The lowest BCUT2D eigenvalue weighted by atomic mass is 9.70. The second-order valence-corrected chi connectivity index (χ2v) is 19.3. The van der Waals surface area contributed by atoms with Crippen LogP contribution in [-0.4, -0.2) is 4.98 Å². The second kappa shape index (κ2) is 15.3. The largest absolute Gasteiger partial charge is 0.264 e. The van der Waals surface area contributed by atoms with E-state index in [4.69, 9.17) is 0 Å². The predicted octanol–water partition coefficient (Wildman–Crippen LogP) is 17.8. The summed E-state index contributed by atoms with van der Waals surface area (Å²) in [5.41, 5.74) is 24.9. The number of hydrogen-bond donors (Lipinski definition) is 0. The average Bonchev–Trinajstić information content (AvgIpc) is 4.05. The number of aromatic nitrogens is 1. The molecule has 12 aromatic rings. The molecule has 2 aliphatic rings. The summed E-state index contributed by atoms with van der Waals surface area (Å²) in [4.78, 5) is 4.41. The lowest BCUT2D eigenvalue weighted by Gasteiger charge is -2.30. The van der Waals surface area contributed by atoms with Crippen molar-refractivity contribution in [2.45, 2.75) is 5.41 Å². The number of benzene rings is 10. The molecule has 14 rings (SSSR count). The summed E-state index contributed by atoms with van der Waals surface area (Å²) in [6, 6.07) is 88.0. The average molecular weight is 880 g/mol. The lowest BCUT2D eigenvalue weighted by Crippen LogP contribution is -2.25. The molecule has 0 amide bonds. The summed E-state index contributed by atoms with van der Waals surface area (Å²) < 4.78 is 2.57. The Morgan fingerprint density at radius 2 is 0.662 bits per heavy atom. The van der Waals surface area contributed by atoms with Crippen molar-refractivity contribution in [3.05, 3.63) is 271 Å². The number of hydrogen-bond acceptors (Lipinski definition) is 2. The Labute approximate surface area is 400 Å². The highest BCUT2D eigenvalue weighted by Gasteiger charge is 2.51. The molecule has 0 fully saturated rings. The molecular formula is C66H41NS. The fourth-order valence-electron chi connectivity index (χ4n) is 11.5. The van der Waals surface area contributed by atoms with Gasteiger partial charge in [0.25, 0.3) is 0 Å². The molecule has 2 heteroatoms. The van der Waals surface area contributed by atoms with Gasteiger partial charge in [-0.1, -0.05) is 194 Å². The Bertz CT molecular complexity index is 3960. The lowest BCUT2D eigenvalue weighted by molar-refractivity contribution is 0.794. The number of fused-ring (bicyclic) bond motifs is 13. The molecule has 0 saturated heterocycles. The van der Waals surface area contributed by atoms with E-state index in [0.717, 1.165) is 0 Å². The number of nitrogens with zero attached hydrogens (tertiary/aromatic N) is 1. The molecule has 0 N–H and O–H groups in total. The molecule has 0 bridgehead atoms. The minimum atomic E-state index is -0.332. The van der Waals surface area contributed by atoms with Crippen LogP contribution in [0.5, 0.6) is 0 Å². The monoisotopic (exact) mass is 879 g/mol. The molecule has 1 nitrogen and oxygen atoms in total. The van der Waals surface area contributed by atoms with Gasteiger partial charge in [0.05, 0.1) is 5.41 Å². The molecule has 316 valence electrons. The van der Waals surface area contributed by atoms with Crippen LogP contribution in [0.3, 0.4) is 0 Å². The molecule has 2 aliphatic carbocycles. The van der Waals surface area contributed by atoms with Gasteiger partial charge in [-0.2, -0.15) is 0 Å². The van der Waals surface area contributed by atoms with E-state index >= 15 is 0 Å². The molecule has 0 saturated carbocycles. The van der Waals surface area contributed by atoms with Gasteiger partial charge >= 0.3 is 0 Å². The first-order valence-corrected chi connectivity index (χ1v) is 24.2. The minimum Gasteiger partial charge on any atom is -0.264 e. The van der Waals surface area contributed by atoms with Crippen molar-refractivity contribution in [1.29, 1.82) is 0 Å². The van der Waals surface area contributed by atoms with E-state index in [1.807, 2.05) is 23.7 Å². The summed E-state index contributed by atoms with van der Waals surface area (Å²) in [6.07, 6.45) is 3.87. The van der Waals surface area contributed by atoms with Crippen molar-refractivity contribution in [2.24, 2.45) is 0 Å². The SMILES string of the molecule is c1cc(-c2cccc(-c3cccc(-c4ccc5c(c4)-c4ccccc4C54c5ccccc5-c5ccccc54)c3)c2)cc(-c2cccc(-c3cccc(-c4cccc5c4sc4ccncc45)c3)c2)c1. The fourth-order valence-corrected chi connectivity index (χ4v) is 12.7. The molecular weight excluding hydrogens is 839 g/mol. The van der Waals surface area contributed by atoms with Gasteiger partial charge in [0.15, 0.2) is 0 Å². The number of thiophene rings is 1. The summed E-state index contributed by atoms with van der Waals surface area (Å²) in [5, 5.41) is 2.48. The summed E-state index contributed by atoms with van der Waals surface area (Å²) in [6.45, 7) is 0. The van der Waals surface area contributed by atoms with Crippen LogP contribution in [-0.2, 0) is 5.41 Å². The molecule has 2 heterocycles. The van der Waals surface area contributed by atoms with Crippen LogP contribution in [0.15, 0.2) is 249 Å². The van der Waals surface area contributed by atoms with Gasteiger partial charge in [-0.05, 0) is 154 Å². The fraction of sp³-hybridized carbons (Fsp3) is 0.0152. The predicted molar refractivity (Wildman–Crippen MR) is 286 cm³/mol. The van der Waals surface area contributed by atoms with Crippen LogP contribution in [0, 0.1) is 0 Å². The van der Waals surface area contributed by atoms with Crippen molar-refractivity contribution in [2.75, 3.05) is 0 Å². The van der Waals surface area contributed by atoms with Crippen LogP contribution >= 0.6 is 11.3 Å². The maximum atomic E-state index is 4.41. The Kier molecular flexibility index (Phi) is 8.74. The van der Waals surface area contributed by atoms with Crippen molar-refractivity contribution in [3.63, 3.8) is 0 Å². The van der Waals surface area contributed by atoms with Crippen LogP contribution in [0.2, 0.25) is 0 Å². The molecule has 0 aliphatic heterocycles. The third-order valence-electron chi connectivity index (χ3n) is 14.6. The Balaban J connectivity index is 0.777. The molecule has 1 spiro atoms. The summed E-state index contributed by atoms with van der Waals surface area (Å²) >= 11 is 1.84. The third kappa shape index (κ3) is 5.91. The Morgan fingerprint density at radius 3 is 1.16 bits per heavy atom. The van der Waals surface area contributed by atoms with E-state index in [1.54, 1.807) is 0 Å². The van der Waals surface area contributed by atoms with Crippen LogP contribution < -0.4 is 0 Å². The third-order valence-corrected chi connectivity index (χ3v) is 15.8. The Morgan fingerprint density at radius 1 is 0.279 bits per heavy atom. The van der Waals surface area contributed by atoms with Gasteiger partial charge in [0, 0.05) is 32.6 Å². The van der Waals surface area contributed by atoms with E-state index in [1.165, 1.54) is 131 Å². The van der Waals surface area contributed by atoms with Crippen LogP contribution in [0.4, 0.5) is 0 Å². The van der Waals surface area contributed by atoms with Gasteiger partial charge in [-0.3, -0.25) is 4.98 Å². The van der Waals surface area contributed by atoms with Gasteiger partial charge in [-0.25, -0.2) is 0 Å². The van der Waals surface area contributed by atoms with Gasteiger partial charge in [0.1, 0.15) is 0 Å². The number of pyridine rings is 1. The first kappa shape index (κ1) is 38.8. The van der Waals surface area contributed by atoms with E-state index in [9.17, 15) is 0 Å². The number of rotatable bonds is 6. The zero-order valence-corrected chi connectivity index (χ0v) is 37.8. The summed E-state index contributed by atoms with van der Waals surface area (Å²) in [5.74, 6) is 0. The molecule has 68 heavy (non-hydrogen) atoms. The Hall–Kier alpha value is -8.43. The highest BCUT2D eigenvalue weighted by molar-refractivity contribution is 7.26. The second-order valence-electron chi connectivity index (χ2n) is 18.2. The van der Waals surface area contributed by atoms with Crippen molar-refractivity contribution >= 4 is 31.5 Å². The highest BCUT2D eigenvalue weighted by Crippen LogP contribution is 2.63. The van der Waals surface area contributed by atoms with E-state index in [-0.39, 0.29) is 5.41 Å². The normalized spacial score (nSPS) is 12.8. The molecule has 10 aromatic carbocycles. The topological polar surface area (TPSA) is 12.9 Å². The standard InChI is InChI=1S/C66H41NS/c1-4-28-60-54(23-1)55-24-2-5-29-61(55)66(60)62-30-6-3-25-56(62)58-40-51(31-32-63(58)66)49-20-10-18-47(38-49)45-16-8-14-43(36-45)42-13-7-15-44(35-42)46-17-9-19-48(37-46)50-21-11-22-52(39-50)53-26-12-27-57-59-41-67-34-33-64(59)68-65(53)57/h1-41H. The summed E-state index contributed by atoms with van der Waals surface area (Å²) in [7, 11) is 0. The van der Waals surface area contributed by atoms with Crippen LogP contribution in [0.1, 0.15) is 22.3 Å². The highest BCUT2D eigenvalue weighted by atomic mass is 32.1. The molecule has 2 aromatic heterocycles. The van der Waals surface area contributed by atoms with E-state index in [0.29, 0.717) is 0 Å². The van der Waals surface area contributed by atoms with Crippen LogP contribution in [0.25, 0.3) is 109 Å². The zero-order valence-electron chi connectivity index (χ0n) is 37.0. The molecule has 0 radical (unpaired) electrons. The smallest absolute Gasteiger partial charge is 0.0725 e. The van der Waals surface area contributed by atoms with Gasteiger partial charge < -0.3 is 0 Å². The van der Waals surface area contributed by atoms with Crippen molar-refractivity contribution in [3.8, 4) is 89.0 Å². The van der Waals surface area contributed by atoms with E-state index in [2.05, 4.69) is 242 Å². The quantitative estimate of drug-likeness (QED) is 0.162. The maximum Gasteiger partial charge on any atom is 0.0725 e. The van der Waals surface area contributed by atoms with Gasteiger partial charge in [0.2, 0.25) is 0 Å². The van der Waals surface area contributed by atoms with E-state index < -0.39 is 0 Å². The first-order valence-electron chi connectivity index (χ1n) is 23.4. The van der Waals surface area contributed by atoms with Gasteiger partial charge in [-0.15, -0.1) is 11.3 Å². The maximum absolute atomic E-state index is 4.41. The first-order chi connectivity index (χ1) is 33.7. The molecule has 0 unspecified atom stereocenters. The molecule has 0 atom stereocenters. The van der Waals surface area contributed by atoms with Crippen molar-refractivity contribution in [1.82, 2.24) is 4.98 Å².